The lowest BCUT2D eigenvalue weighted by atomic mass is 10.1. The van der Waals surface area contributed by atoms with Crippen LogP contribution in [0.1, 0.15) is 10.4 Å². The van der Waals surface area contributed by atoms with Crippen molar-refractivity contribution in [2.45, 2.75) is 0 Å². The number of nitrogens with one attached hydrogen (secondary N) is 2. The van der Waals surface area contributed by atoms with Gasteiger partial charge in [0.05, 0.1) is 16.4 Å². The van der Waals surface area contributed by atoms with Crippen molar-refractivity contribution >= 4 is 69.5 Å². The standard InChI is InChI=1S/C19H15IN4O4S/c1-28-15-9-11(7-8-14(15)20)16(25)23-21-10-13-17(26)22-19(29)24(18(13)27)12-5-3-2-4-6-12/h2-10,13H,1H3,(H,23,25)(H,22,26,29)/b21-10+. The second-order valence-corrected chi connectivity index (χ2v) is 7.40. The first-order valence-corrected chi connectivity index (χ1v) is 9.82. The predicted molar refractivity (Wildman–Crippen MR) is 120 cm³/mol. The maximum atomic E-state index is 12.8. The van der Waals surface area contributed by atoms with E-state index in [4.69, 9.17) is 17.0 Å². The number of hydrazone groups is 1. The van der Waals surface area contributed by atoms with Crippen LogP contribution in [0, 0.1) is 9.49 Å². The number of halogens is 1. The fourth-order valence-corrected chi connectivity index (χ4v) is 3.43. The Hall–Kier alpha value is -2.86. The van der Waals surface area contributed by atoms with E-state index in [1.54, 1.807) is 48.5 Å². The van der Waals surface area contributed by atoms with Gasteiger partial charge in [0.2, 0.25) is 5.91 Å². The average molecular weight is 522 g/mol. The molecule has 1 atom stereocenters. The van der Waals surface area contributed by atoms with Crippen LogP contribution in [0.3, 0.4) is 0 Å². The Labute approximate surface area is 185 Å². The first kappa shape index (κ1) is 20.9. The Morgan fingerprint density at radius 3 is 2.69 bits per heavy atom. The molecule has 29 heavy (non-hydrogen) atoms. The van der Waals surface area contributed by atoms with E-state index in [0.29, 0.717) is 17.0 Å². The molecule has 0 bridgehead atoms. The summed E-state index contributed by atoms with van der Waals surface area (Å²) in [6.07, 6.45) is 1.08. The highest BCUT2D eigenvalue weighted by atomic mass is 127. The van der Waals surface area contributed by atoms with Gasteiger partial charge in [-0.25, -0.2) is 5.43 Å². The van der Waals surface area contributed by atoms with Crippen molar-refractivity contribution in [1.29, 1.82) is 0 Å². The number of carbonyl (C=O) groups is 3. The summed E-state index contributed by atoms with van der Waals surface area (Å²) in [6, 6.07) is 13.6. The number of thiocarbonyl (C=S) groups is 1. The van der Waals surface area contributed by atoms with E-state index in [2.05, 4.69) is 38.4 Å². The van der Waals surface area contributed by atoms with Gasteiger partial charge in [0.1, 0.15) is 5.75 Å². The van der Waals surface area contributed by atoms with Gasteiger partial charge in [-0.1, -0.05) is 18.2 Å². The van der Waals surface area contributed by atoms with Crippen molar-refractivity contribution in [1.82, 2.24) is 10.7 Å². The minimum Gasteiger partial charge on any atom is -0.496 e. The lowest BCUT2D eigenvalue weighted by molar-refractivity contribution is -0.130. The molecular formula is C19H15IN4O4S. The van der Waals surface area contributed by atoms with Crippen LogP contribution in [-0.2, 0) is 9.59 Å². The van der Waals surface area contributed by atoms with Gasteiger partial charge < -0.3 is 10.1 Å². The molecule has 2 aromatic carbocycles. The van der Waals surface area contributed by atoms with E-state index in [1.807, 2.05) is 0 Å². The van der Waals surface area contributed by atoms with Crippen LogP contribution < -0.4 is 20.4 Å². The molecule has 1 unspecified atom stereocenters. The fraction of sp³-hybridized carbons (Fsp3) is 0.105. The number of methoxy groups -OCH3 is 1. The van der Waals surface area contributed by atoms with Crippen molar-refractivity contribution in [3.05, 3.63) is 57.7 Å². The van der Waals surface area contributed by atoms with Gasteiger partial charge in [0.15, 0.2) is 11.0 Å². The number of rotatable bonds is 5. The van der Waals surface area contributed by atoms with Gasteiger partial charge in [0, 0.05) is 11.8 Å². The number of hydrogen-bond acceptors (Lipinski definition) is 6. The first-order valence-electron chi connectivity index (χ1n) is 8.33. The molecule has 2 aromatic rings. The molecule has 2 N–H and O–H groups in total. The molecule has 0 radical (unpaired) electrons. The predicted octanol–water partition coefficient (Wildman–Crippen LogP) is 2.08. The fourth-order valence-electron chi connectivity index (χ4n) is 2.58. The van der Waals surface area contributed by atoms with Crippen molar-refractivity contribution in [2.24, 2.45) is 11.0 Å². The topological polar surface area (TPSA) is 100 Å². The summed E-state index contributed by atoms with van der Waals surface area (Å²) in [5.41, 5.74) is 3.16. The van der Waals surface area contributed by atoms with E-state index in [1.165, 1.54) is 12.0 Å². The van der Waals surface area contributed by atoms with Gasteiger partial charge in [-0.2, -0.15) is 5.10 Å². The molecule has 3 amide bonds. The molecule has 1 aliphatic heterocycles. The highest BCUT2D eigenvalue weighted by molar-refractivity contribution is 14.1. The van der Waals surface area contributed by atoms with Crippen LogP contribution >= 0.6 is 34.8 Å². The number of ether oxygens (including phenoxy) is 1. The zero-order chi connectivity index (χ0) is 21.0. The highest BCUT2D eigenvalue weighted by Gasteiger charge is 2.38. The second kappa shape index (κ2) is 9.09. The van der Waals surface area contributed by atoms with Crippen molar-refractivity contribution in [3.8, 4) is 5.75 Å². The molecule has 3 rings (SSSR count). The minimum absolute atomic E-state index is 0.00845. The third-order valence-electron chi connectivity index (χ3n) is 4.02. The number of para-hydroxylation sites is 1. The number of carbonyl (C=O) groups excluding carboxylic acids is 3. The number of anilines is 1. The SMILES string of the molecule is COc1cc(C(=O)N/N=C/C2C(=O)NC(=S)N(c3ccccc3)C2=O)ccc1I. The Balaban J connectivity index is 1.73. The first-order chi connectivity index (χ1) is 13.9. The molecule has 0 aromatic heterocycles. The number of amides is 3. The van der Waals surface area contributed by atoms with Crippen LogP contribution in [0.15, 0.2) is 53.6 Å². The van der Waals surface area contributed by atoms with Crippen LogP contribution in [-0.4, -0.2) is 36.2 Å². The van der Waals surface area contributed by atoms with Gasteiger partial charge >= 0.3 is 0 Å². The summed E-state index contributed by atoms with van der Waals surface area (Å²) in [5.74, 6) is -2.35. The molecule has 1 fully saturated rings. The highest BCUT2D eigenvalue weighted by Crippen LogP contribution is 2.22. The number of benzene rings is 2. The van der Waals surface area contributed by atoms with Gasteiger partial charge in [0.25, 0.3) is 11.8 Å². The second-order valence-electron chi connectivity index (χ2n) is 5.85. The Morgan fingerprint density at radius 1 is 1.28 bits per heavy atom. The average Bonchev–Trinajstić information content (AvgIpc) is 2.71. The summed E-state index contributed by atoms with van der Waals surface area (Å²) in [4.78, 5) is 38.4. The molecule has 1 saturated heterocycles. The van der Waals surface area contributed by atoms with Crippen molar-refractivity contribution in [3.63, 3.8) is 0 Å². The summed E-state index contributed by atoms with van der Waals surface area (Å²) in [5, 5.41) is 6.25. The van der Waals surface area contributed by atoms with Gasteiger partial charge in [-0.3, -0.25) is 19.3 Å². The Kier molecular flexibility index (Phi) is 6.54. The lowest BCUT2D eigenvalue weighted by Gasteiger charge is -2.30. The number of hydrogen-bond donors (Lipinski definition) is 2. The molecule has 0 aliphatic carbocycles. The quantitative estimate of drug-likeness (QED) is 0.206. The van der Waals surface area contributed by atoms with Crippen LogP contribution in [0.2, 0.25) is 0 Å². The molecular weight excluding hydrogens is 507 g/mol. The maximum absolute atomic E-state index is 12.8. The van der Waals surface area contributed by atoms with Gasteiger partial charge in [-0.05, 0) is 65.1 Å². The molecule has 1 heterocycles. The molecule has 0 saturated carbocycles. The van der Waals surface area contributed by atoms with E-state index >= 15 is 0 Å². The van der Waals surface area contributed by atoms with Crippen molar-refractivity contribution in [2.75, 3.05) is 12.0 Å². The van der Waals surface area contributed by atoms with E-state index < -0.39 is 23.6 Å². The van der Waals surface area contributed by atoms with E-state index in [0.717, 1.165) is 9.78 Å². The number of nitrogens with zero attached hydrogens (tertiary/aromatic N) is 2. The third-order valence-corrected chi connectivity index (χ3v) is 5.20. The van der Waals surface area contributed by atoms with Crippen LogP contribution in [0.4, 0.5) is 5.69 Å². The third kappa shape index (κ3) is 4.59. The minimum atomic E-state index is -1.23. The van der Waals surface area contributed by atoms with Crippen LogP contribution in [0.5, 0.6) is 5.75 Å². The maximum Gasteiger partial charge on any atom is 0.271 e. The smallest absolute Gasteiger partial charge is 0.271 e. The largest absolute Gasteiger partial charge is 0.496 e. The summed E-state index contributed by atoms with van der Waals surface area (Å²) in [7, 11) is 1.51. The Morgan fingerprint density at radius 2 is 2.00 bits per heavy atom. The van der Waals surface area contributed by atoms with Gasteiger partial charge in [-0.15, -0.1) is 0 Å². The van der Waals surface area contributed by atoms with E-state index in [9.17, 15) is 14.4 Å². The Bertz CT molecular complexity index is 1010. The summed E-state index contributed by atoms with van der Waals surface area (Å²) >= 11 is 7.20. The molecule has 0 spiro atoms. The zero-order valence-corrected chi connectivity index (χ0v) is 18.1. The summed E-state index contributed by atoms with van der Waals surface area (Å²) in [6.45, 7) is 0. The van der Waals surface area contributed by atoms with Crippen molar-refractivity contribution < 1.29 is 19.1 Å². The molecule has 1 aliphatic rings. The molecule has 8 nitrogen and oxygen atoms in total. The van der Waals surface area contributed by atoms with Crippen LogP contribution in [0.25, 0.3) is 0 Å². The molecule has 148 valence electrons. The zero-order valence-electron chi connectivity index (χ0n) is 15.1. The summed E-state index contributed by atoms with van der Waals surface area (Å²) < 4.78 is 6.04. The normalized spacial score (nSPS) is 16.7. The molecule has 10 heteroatoms. The lowest BCUT2D eigenvalue weighted by Crippen LogP contribution is -2.58. The monoisotopic (exact) mass is 522 g/mol. The van der Waals surface area contributed by atoms with E-state index in [-0.39, 0.29) is 5.11 Å².